The molecule has 0 aliphatic heterocycles. The van der Waals surface area contributed by atoms with Crippen LogP contribution in [0.25, 0.3) is 23.3 Å². The van der Waals surface area contributed by atoms with Crippen LogP contribution in [0.3, 0.4) is 0 Å². The first kappa shape index (κ1) is 27.0. The molecule has 10 nitrogen and oxygen atoms in total. The van der Waals surface area contributed by atoms with Crippen LogP contribution in [0.5, 0.6) is 17.4 Å². The molecule has 0 saturated carbocycles. The second-order valence-electron chi connectivity index (χ2n) is 7.80. The molecule has 0 bridgehead atoms. The van der Waals surface area contributed by atoms with Gasteiger partial charge in [0.05, 0.1) is 43.0 Å². The van der Waals surface area contributed by atoms with E-state index in [9.17, 15) is 0 Å². The first-order chi connectivity index (χ1) is 18.4. The molecule has 1 aromatic carbocycles. The van der Waals surface area contributed by atoms with Crippen LogP contribution < -0.4 is 30.4 Å². The normalized spacial score (nSPS) is 11.3. The van der Waals surface area contributed by atoms with E-state index in [0.717, 1.165) is 5.69 Å². The van der Waals surface area contributed by atoms with E-state index in [2.05, 4.69) is 19.7 Å². The summed E-state index contributed by atoms with van der Waals surface area (Å²) in [5.74, 6) is 3.19. The lowest BCUT2D eigenvalue weighted by Gasteiger charge is -2.18. The van der Waals surface area contributed by atoms with Crippen LogP contribution in [-0.4, -0.2) is 40.3 Å². The molecule has 3 aromatic heterocycles. The maximum absolute atomic E-state index is 6.45. The van der Waals surface area contributed by atoms with E-state index in [1.807, 2.05) is 47.9 Å². The smallest absolute Gasteiger partial charge is 0.213 e. The summed E-state index contributed by atoms with van der Waals surface area (Å²) >= 11 is 7.29. The van der Waals surface area contributed by atoms with Crippen molar-refractivity contribution in [1.29, 1.82) is 0 Å². The minimum atomic E-state index is 0.241. The van der Waals surface area contributed by atoms with Gasteiger partial charge in [0.1, 0.15) is 28.7 Å². The van der Waals surface area contributed by atoms with E-state index < -0.39 is 0 Å². The summed E-state index contributed by atoms with van der Waals surface area (Å²) in [6, 6.07) is 14.6. The number of methoxy groups -OCH3 is 2. The van der Waals surface area contributed by atoms with Crippen molar-refractivity contribution in [2.45, 2.75) is 12.7 Å². The fourth-order valence-electron chi connectivity index (χ4n) is 3.67. The van der Waals surface area contributed by atoms with Gasteiger partial charge < -0.3 is 30.4 Å². The highest BCUT2D eigenvalue weighted by Crippen LogP contribution is 2.38. The van der Waals surface area contributed by atoms with E-state index in [0.29, 0.717) is 63.5 Å². The number of hydrogen-bond donors (Lipinski definition) is 3. The van der Waals surface area contributed by atoms with Gasteiger partial charge in [0.15, 0.2) is 11.6 Å². The number of nitrogens with zero attached hydrogens (tertiary/aromatic N) is 4. The van der Waals surface area contributed by atoms with Gasteiger partial charge in [0, 0.05) is 18.3 Å². The largest absolute Gasteiger partial charge is 0.494 e. The average molecular weight is 554 g/mol. The Labute approximate surface area is 230 Å². The average Bonchev–Trinajstić information content (AvgIpc) is 3.24. The van der Waals surface area contributed by atoms with E-state index in [-0.39, 0.29) is 5.82 Å². The molecular weight excluding hydrogens is 526 g/mol. The molecule has 12 heteroatoms. The second kappa shape index (κ2) is 12.4. The Bertz CT molecular complexity index is 1400. The van der Waals surface area contributed by atoms with Crippen LogP contribution in [0.1, 0.15) is 18.3 Å². The quantitative estimate of drug-likeness (QED) is 0.225. The molecule has 0 radical (unpaired) electrons. The Kier molecular flexibility index (Phi) is 8.82. The molecule has 0 spiro atoms. The van der Waals surface area contributed by atoms with E-state index in [1.54, 1.807) is 38.6 Å². The van der Waals surface area contributed by atoms with Crippen molar-refractivity contribution in [1.82, 2.24) is 24.2 Å². The number of halogens is 1. The maximum atomic E-state index is 6.45. The van der Waals surface area contributed by atoms with Crippen molar-refractivity contribution in [2.24, 2.45) is 5.73 Å². The van der Waals surface area contributed by atoms with Gasteiger partial charge in [0.2, 0.25) is 5.88 Å². The molecule has 0 aliphatic carbocycles. The fraction of sp³-hybridized carbons (Fsp3) is 0.192. The van der Waals surface area contributed by atoms with Crippen LogP contribution in [0, 0.1) is 0 Å². The number of nitrogen functional groups attached to an aromatic ring is 1. The number of aromatic nitrogens is 4. The molecule has 4 rings (SSSR count). The molecule has 5 N–H and O–H groups in total. The Morgan fingerprint density at radius 3 is 2.47 bits per heavy atom. The molecule has 4 aromatic rings. The van der Waals surface area contributed by atoms with Crippen LogP contribution in [-0.2, 0) is 5.75 Å². The number of rotatable bonds is 11. The predicted molar refractivity (Wildman–Crippen MR) is 151 cm³/mol. The first-order valence-corrected chi connectivity index (χ1v) is 13.0. The van der Waals surface area contributed by atoms with Gasteiger partial charge in [-0.15, -0.1) is 0 Å². The summed E-state index contributed by atoms with van der Waals surface area (Å²) in [5, 5.41) is 0.582. The molecule has 0 unspecified atom stereocenters. The summed E-state index contributed by atoms with van der Waals surface area (Å²) < 4.78 is 21.9. The Hall–Kier alpha value is -4.09. The second-order valence-corrected chi connectivity index (χ2v) is 9.02. The first-order valence-electron chi connectivity index (χ1n) is 11.6. The monoisotopic (exact) mass is 553 g/mol. The summed E-state index contributed by atoms with van der Waals surface area (Å²) in [6.07, 6.45) is 3.30. The van der Waals surface area contributed by atoms with Gasteiger partial charge in [-0.2, -0.15) is 0 Å². The minimum Gasteiger partial charge on any atom is -0.494 e. The lowest BCUT2D eigenvalue weighted by atomic mass is 10.2. The third kappa shape index (κ3) is 6.06. The van der Waals surface area contributed by atoms with Crippen LogP contribution in [0.2, 0.25) is 5.02 Å². The van der Waals surface area contributed by atoms with Crippen LogP contribution >= 0.6 is 23.5 Å². The zero-order valence-electron chi connectivity index (χ0n) is 21.1. The molecule has 198 valence electrons. The molecule has 0 aliphatic rings. The molecule has 0 saturated heterocycles. The number of pyridine rings is 2. The Morgan fingerprint density at radius 1 is 1.08 bits per heavy atom. The van der Waals surface area contributed by atoms with Gasteiger partial charge in [-0.3, -0.25) is 9.55 Å². The summed E-state index contributed by atoms with van der Waals surface area (Å²) in [4.78, 5) is 13.6. The van der Waals surface area contributed by atoms with Gasteiger partial charge in [-0.05, 0) is 49.2 Å². The van der Waals surface area contributed by atoms with Crippen molar-refractivity contribution in [2.75, 3.05) is 26.6 Å². The van der Waals surface area contributed by atoms with Crippen LogP contribution in [0.15, 0.2) is 60.5 Å². The number of imidazole rings is 1. The van der Waals surface area contributed by atoms with Crippen molar-refractivity contribution in [3.8, 4) is 34.6 Å². The number of hydrogen-bond acceptors (Lipinski definition) is 10. The van der Waals surface area contributed by atoms with E-state index >= 15 is 0 Å². The van der Waals surface area contributed by atoms with Crippen molar-refractivity contribution < 1.29 is 14.2 Å². The SMILES string of the molecule is CCOc1cccc(-c2nc(N)c(/C=C(\N)NSCc3ccc(Cl)cn3)n2-c2c(OC)cccc2OC)n1. The number of para-hydroxylation sites is 1. The van der Waals surface area contributed by atoms with Gasteiger partial charge >= 0.3 is 0 Å². The molecule has 0 fully saturated rings. The topological polar surface area (TPSA) is 135 Å². The Balaban J connectivity index is 1.78. The summed E-state index contributed by atoms with van der Waals surface area (Å²) in [5.41, 5.74) is 15.3. The Morgan fingerprint density at radius 2 is 1.82 bits per heavy atom. The fourth-order valence-corrected chi connectivity index (χ4v) is 4.40. The van der Waals surface area contributed by atoms with Crippen LogP contribution in [0.4, 0.5) is 5.82 Å². The number of nitrogens with one attached hydrogen (secondary N) is 1. The van der Waals surface area contributed by atoms with Gasteiger partial charge in [-0.25, -0.2) is 9.97 Å². The predicted octanol–water partition coefficient (Wildman–Crippen LogP) is 4.68. The van der Waals surface area contributed by atoms with Gasteiger partial charge in [-0.1, -0.05) is 23.7 Å². The third-order valence-electron chi connectivity index (χ3n) is 5.30. The van der Waals surface area contributed by atoms with Gasteiger partial charge in [0.25, 0.3) is 0 Å². The summed E-state index contributed by atoms with van der Waals surface area (Å²) in [7, 11) is 3.16. The standard InChI is InChI=1S/C26H28ClN7O3S/c1-4-37-23-10-5-7-18(31-23)26-32-25(29)19(34(26)24-20(35-2)8-6-9-21(24)36-3)13-22(28)33-38-15-17-12-11-16(27)14-30-17/h5-14,33H,4,15,28-29H2,1-3H3/b22-13+. The zero-order chi connectivity index (χ0) is 27.1. The molecular formula is C26H28ClN7O3S. The zero-order valence-corrected chi connectivity index (χ0v) is 22.7. The lowest BCUT2D eigenvalue weighted by Crippen LogP contribution is -2.14. The van der Waals surface area contributed by atoms with E-state index in [4.69, 9.17) is 37.3 Å². The van der Waals surface area contributed by atoms with Crippen molar-refractivity contribution in [3.05, 3.63) is 77.0 Å². The number of ether oxygens (including phenoxy) is 3. The van der Waals surface area contributed by atoms with Crippen molar-refractivity contribution >= 4 is 35.4 Å². The summed E-state index contributed by atoms with van der Waals surface area (Å²) in [6.45, 7) is 2.37. The molecule has 38 heavy (non-hydrogen) atoms. The molecule has 3 heterocycles. The number of nitrogens with two attached hydrogens (primary N) is 2. The number of anilines is 1. The third-order valence-corrected chi connectivity index (χ3v) is 6.35. The highest BCUT2D eigenvalue weighted by atomic mass is 35.5. The lowest BCUT2D eigenvalue weighted by molar-refractivity contribution is 0.327. The molecule has 0 atom stereocenters. The highest BCUT2D eigenvalue weighted by molar-refractivity contribution is 7.96. The number of benzene rings is 1. The van der Waals surface area contributed by atoms with Crippen molar-refractivity contribution in [3.63, 3.8) is 0 Å². The molecule has 0 amide bonds. The minimum absolute atomic E-state index is 0.241. The highest BCUT2D eigenvalue weighted by Gasteiger charge is 2.24. The van der Waals surface area contributed by atoms with E-state index in [1.165, 1.54) is 11.9 Å². The maximum Gasteiger partial charge on any atom is 0.213 e.